The molecule has 8 heterocycles. The SMILES string of the molecule is C[C@@H]1CCc2nnc(-c3cccc(N)n3)n21.Cc1cc(F)c(C(=O)Cl)cc1-n1cnc(C2CC2)c1.Cc1cc(F)c(C(=O)Nc2cccc(-c3nnc4n3[C@H](C)CC4)n2)cc1-n1cnc(C2CC2)c1. The van der Waals surface area contributed by atoms with Gasteiger partial charge in [0, 0.05) is 49.2 Å². The smallest absolute Gasteiger partial charge is 0.259 e. The minimum atomic E-state index is -0.790. The van der Waals surface area contributed by atoms with Crippen LogP contribution in [-0.4, -0.2) is 69.7 Å². The molecule has 2 saturated carbocycles. The Morgan fingerprint density at radius 1 is 0.667 bits per heavy atom. The fraction of sp³-hybridized carbons (Fsp3) is 0.320. The maximum atomic E-state index is 14.8. The van der Waals surface area contributed by atoms with Gasteiger partial charge in [-0.25, -0.2) is 28.7 Å². The average Bonchev–Trinajstić information content (AvgIpc) is 3.90. The Labute approximate surface area is 401 Å². The molecule has 6 aromatic heterocycles. The molecule has 8 aromatic rings. The van der Waals surface area contributed by atoms with Gasteiger partial charge in [-0.3, -0.25) is 9.59 Å². The number of aryl methyl sites for hydroxylation is 4. The van der Waals surface area contributed by atoms with E-state index in [4.69, 9.17) is 17.3 Å². The number of nitrogens with zero attached hydrogens (tertiary/aromatic N) is 12. The number of fused-ring (bicyclic) bond motifs is 2. The highest BCUT2D eigenvalue weighted by Crippen LogP contribution is 2.40. The number of rotatable bonds is 9. The second kappa shape index (κ2) is 18.6. The molecule has 2 atom stereocenters. The predicted molar refractivity (Wildman–Crippen MR) is 256 cm³/mol. The average molecular weight is 951 g/mol. The summed E-state index contributed by atoms with van der Waals surface area (Å²) < 4.78 is 36.3. The highest BCUT2D eigenvalue weighted by atomic mass is 35.5. The van der Waals surface area contributed by atoms with E-state index < -0.39 is 22.8 Å². The number of hydrogen-bond acceptors (Lipinski definition) is 11. The lowest BCUT2D eigenvalue weighted by atomic mass is 10.1. The molecular weight excluding hydrogens is 902 g/mol. The number of carbonyl (C=O) groups is 2. The molecule has 1 amide bonds. The van der Waals surface area contributed by atoms with Crippen LogP contribution < -0.4 is 11.1 Å². The van der Waals surface area contributed by atoms with Gasteiger partial charge < -0.3 is 29.3 Å². The second-order valence-corrected chi connectivity index (χ2v) is 18.5. The van der Waals surface area contributed by atoms with Gasteiger partial charge in [0.2, 0.25) is 0 Å². The molecular formula is C50H49ClF2N14O2. The van der Waals surface area contributed by atoms with Crippen molar-refractivity contribution >= 4 is 34.4 Å². The summed E-state index contributed by atoms with van der Waals surface area (Å²) in [6, 6.07) is 17.4. The number of pyridine rings is 2. The number of imidazole rings is 2. The Balaban J connectivity index is 0.000000133. The van der Waals surface area contributed by atoms with E-state index in [1.165, 1.54) is 31.0 Å². The third kappa shape index (κ3) is 9.40. The summed E-state index contributed by atoms with van der Waals surface area (Å²) in [7, 11) is 0. The zero-order chi connectivity index (χ0) is 48.1. The largest absolute Gasteiger partial charge is 0.384 e. The third-order valence-corrected chi connectivity index (χ3v) is 13.2. The number of benzene rings is 2. The van der Waals surface area contributed by atoms with Gasteiger partial charge in [-0.05, 0) is 137 Å². The summed E-state index contributed by atoms with van der Waals surface area (Å²) in [6.07, 6.45) is 16.0. The maximum Gasteiger partial charge on any atom is 0.259 e. The molecule has 12 rings (SSSR count). The minimum absolute atomic E-state index is 0.0496. The number of nitrogen functional groups attached to an aromatic ring is 1. The van der Waals surface area contributed by atoms with Crippen molar-refractivity contribution in [1.29, 1.82) is 0 Å². The quantitative estimate of drug-likeness (QED) is 0.131. The summed E-state index contributed by atoms with van der Waals surface area (Å²) in [6.45, 7) is 7.91. The lowest BCUT2D eigenvalue weighted by Gasteiger charge is -2.12. The topological polar surface area (TPSA) is 195 Å². The van der Waals surface area contributed by atoms with Crippen LogP contribution in [0.2, 0.25) is 0 Å². The molecule has 0 radical (unpaired) electrons. The fourth-order valence-electron chi connectivity index (χ4n) is 8.91. The maximum absolute atomic E-state index is 14.8. The van der Waals surface area contributed by atoms with Crippen LogP contribution in [0.15, 0.2) is 85.7 Å². The molecule has 0 bridgehead atoms. The first kappa shape index (κ1) is 45.3. The van der Waals surface area contributed by atoms with Crippen LogP contribution in [0, 0.1) is 25.5 Å². The van der Waals surface area contributed by atoms with E-state index in [0.29, 0.717) is 47.1 Å². The molecule has 69 heavy (non-hydrogen) atoms. The first-order chi connectivity index (χ1) is 33.3. The van der Waals surface area contributed by atoms with Crippen molar-refractivity contribution in [3.8, 4) is 34.4 Å². The highest BCUT2D eigenvalue weighted by molar-refractivity contribution is 6.67. The molecule has 3 N–H and O–H groups in total. The van der Waals surface area contributed by atoms with Crippen LogP contribution in [0.4, 0.5) is 20.4 Å². The third-order valence-electron chi connectivity index (χ3n) is 13.0. The monoisotopic (exact) mass is 950 g/mol. The number of halogens is 3. The van der Waals surface area contributed by atoms with E-state index in [-0.39, 0.29) is 11.1 Å². The number of amides is 1. The highest BCUT2D eigenvalue weighted by Gasteiger charge is 2.29. The van der Waals surface area contributed by atoms with Crippen LogP contribution in [0.25, 0.3) is 34.4 Å². The van der Waals surface area contributed by atoms with Crippen molar-refractivity contribution in [2.45, 2.75) is 103 Å². The molecule has 0 saturated heterocycles. The van der Waals surface area contributed by atoms with Crippen molar-refractivity contribution < 1.29 is 18.4 Å². The summed E-state index contributed by atoms with van der Waals surface area (Å²) in [5.74, 6) is 3.65. The molecule has 19 heteroatoms. The van der Waals surface area contributed by atoms with E-state index in [2.05, 4.69) is 68.6 Å². The van der Waals surface area contributed by atoms with Crippen molar-refractivity contribution in [2.75, 3.05) is 11.1 Å². The van der Waals surface area contributed by atoms with Gasteiger partial charge >= 0.3 is 0 Å². The van der Waals surface area contributed by atoms with Crippen LogP contribution in [0.3, 0.4) is 0 Å². The number of nitrogens with two attached hydrogens (primary N) is 1. The normalized spacial score (nSPS) is 16.8. The molecule has 2 aliphatic carbocycles. The van der Waals surface area contributed by atoms with Gasteiger partial charge in [-0.2, -0.15) is 0 Å². The van der Waals surface area contributed by atoms with E-state index in [9.17, 15) is 18.4 Å². The van der Waals surface area contributed by atoms with E-state index >= 15 is 0 Å². The van der Waals surface area contributed by atoms with Gasteiger partial charge in [0.1, 0.15) is 46.3 Å². The number of carbonyl (C=O) groups excluding carboxylic acids is 2. The predicted octanol–water partition coefficient (Wildman–Crippen LogP) is 9.62. The van der Waals surface area contributed by atoms with Gasteiger partial charge in [-0.1, -0.05) is 12.1 Å². The molecule has 16 nitrogen and oxygen atoms in total. The Hall–Kier alpha value is -7.47. The number of anilines is 2. The lowest BCUT2D eigenvalue weighted by Crippen LogP contribution is -2.16. The molecule has 352 valence electrons. The zero-order valence-electron chi connectivity index (χ0n) is 38.4. The zero-order valence-corrected chi connectivity index (χ0v) is 39.2. The summed E-state index contributed by atoms with van der Waals surface area (Å²) in [5, 5.41) is 18.9. The van der Waals surface area contributed by atoms with Gasteiger partial charge in [0.05, 0.1) is 46.5 Å². The fourth-order valence-corrected chi connectivity index (χ4v) is 9.05. The van der Waals surface area contributed by atoms with Gasteiger partial charge in [0.25, 0.3) is 11.1 Å². The molecule has 2 fully saturated rings. The van der Waals surface area contributed by atoms with Crippen molar-refractivity contribution in [3.63, 3.8) is 0 Å². The first-order valence-electron chi connectivity index (χ1n) is 23.1. The summed E-state index contributed by atoms with van der Waals surface area (Å²) in [4.78, 5) is 41.9. The van der Waals surface area contributed by atoms with Crippen LogP contribution in [0.5, 0.6) is 0 Å². The molecule has 0 unspecified atom stereocenters. The Kier molecular flexibility index (Phi) is 12.2. The van der Waals surface area contributed by atoms with E-state index in [1.54, 1.807) is 43.8 Å². The summed E-state index contributed by atoms with van der Waals surface area (Å²) >= 11 is 5.38. The van der Waals surface area contributed by atoms with E-state index in [0.717, 1.165) is 95.6 Å². The van der Waals surface area contributed by atoms with Crippen molar-refractivity contribution in [3.05, 3.63) is 143 Å². The number of hydrogen-bond donors (Lipinski definition) is 2. The number of aromatic nitrogens is 12. The van der Waals surface area contributed by atoms with E-state index in [1.807, 2.05) is 46.7 Å². The Morgan fingerprint density at radius 2 is 1.16 bits per heavy atom. The van der Waals surface area contributed by atoms with Crippen molar-refractivity contribution in [1.82, 2.24) is 58.6 Å². The molecule has 2 aromatic carbocycles. The van der Waals surface area contributed by atoms with Gasteiger partial charge in [0.15, 0.2) is 11.6 Å². The Morgan fingerprint density at radius 3 is 1.67 bits per heavy atom. The van der Waals surface area contributed by atoms with Crippen LogP contribution >= 0.6 is 11.6 Å². The lowest BCUT2D eigenvalue weighted by molar-refractivity contribution is 0.102. The molecule has 4 aliphatic rings. The minimum Gasteiger partial charge on any atom is -0.384 e. The number of nitrogens with one attached hydrogen (secondary N) is 1. The summed E-state index contributed by atoms with van der Waals surface area (Å²) in [5.41, 5.74) is 11.9. The van der Waals surface area contributed by atoms with Crippen molar-refractivity contribution in [2.24, 2.45) is 0 Å². The standard InChI is InChI=1S/C25H24FN7O.C14H12ClFN2O.C11H13N5/c1-14-10-18(26)17(11-21(14)32-12-20(27-13-32)16-7-8-16)25(34)29-22-5-3-4-19(28-22)24-31-30-23-9-6-15(2)33(23)24;1-8-4-11(16)10(14(15)19)5-13(8)18-6-12(17-7-18)9-2-3-9;1-7-5-6-10-14-15-11(16(7)10)8-3-2-4-9(12)13-8/h3-5,10-13,15-16H,6-9H2,1-2H3,(H,28,29,34);4-7,9H,2-3H2,1H3;2-4,7H,5-6H2,1H3,(H2,12,13)/t15-;;7-/m1.1/s1. The Bertz CT molecular complexity index is 3260. The molecule has 2 aliphatic heterocycles. The first-order valence-corrected chi connectivity index (χ1v) is 23.4. The second-order valence-electron chi connectivity index (χ2n) is 18.2. The van der Waals surface area contributed by atoms with Crippen LogP contribution in [0.1, 0.15) is 131 Å². The molecule has 0 spiro atoms. The van der Waals surface area contributed by atoms with Crippen LogP contribution in [-0.2, 0) is 12.8 Å². The van der Waals surface area contributed by atoms with Gasteiger partial charge in [-0.15, -0.1) is 20.4 Å².